The van der Waals surface area contributed by atoms with Crippen LogP contribution in [0.2, 0.25) is 0 Å². The van der Waals surface area contributed by atoms with E-state index in [2.05, 4.69) is 10.3 Å². The highest BCUT2D eigenvalue weighted by Crippen LogP contribution is 2.30. The number of nitrogens with one attached hydrogen (secondary N) is 1. The number of amides is 2. The Labute approximate surface area is 157 Å². The highest BCUT2D eigenvalue weighted by atomic mass is 16.4. The van der Waals surface area contributed by atoms with Gasteiger partial charge in [0.05, 0.1) is 11.0 Å². The lowest BCUT2D eigenvalue weighted by Gasteiger charge is -2.37. The molecule has 2 amide bonds. The molecule has 1 aromatic heterocycles. The van der Waals surface area contributed by atoms with Crippen LogP contribution in [-0.4, -0.2) is 45.9 Å². The van der Waals surface area contributed by atoms with E-state index in [4.69, 9.17) is 0 Å². The third-order valence-electron chi connectivity index (χ3n) is 4.79. The number of likely N-dealkylation sites (tertiary alicyclic amines) is 1. The van der Waals surface area contributed by atoms with Crippen LogP contribution in [0.5, 0.6) is 0 Å². The Morgan fingerprint density at radius 1 is 1.19 bits per heavy atom. The third-order valence-corrected chi connectivity index (χ3v) is 4.79. The highest BCUT2D eigenvalue weighted by Gasteiger charge is 2.39. The van der Waals surface area contributed by atoms with Crippen LogP contribution in [0.3, 0.4) is 0 Å². The standard InChI is InChI=1S/C20H21N3O4/c1-20(19(26)27)8-4-10-23(13-20)18(25)14-5-2-7-16(11-14)22-17(24)15-6-3-9-21-12-15/h2-3,5-7,9,11-12H,4,8,10,13H2,1H3,(H,22,24)(H,26,27). The Bertz CT molecular complexity index is 869. The van der Waals surface area contributed by atoms with Gasteiger partial charge in [0.25, 0.3) is 11.8 Å². The number of aliphatic carboxylic acids is 1. The maximum Gasteiger partial charge on any atom is 0.311 e. The van der Waals surface area contributed by atoms with Gasteiger partial charge in [0.1, 0.15) is 0 Å². The highest BCUT2D eigenvalue weighted by molar-refractivity contribution is 6.05. The summed E-state index contributed by atoms with van der Waals surface area (Å²) < 4.78 is 0. The predicted octanol–water partition coefficient (Wildman–Crippen LogP) is 2.66. The lowest BCUT2D eigenvalue weighted by Crippen LogP contribution is -2.48. The quantitative estimate of drug-likeness (QED) is 0.865. The first kappa shape index (κ1) is 18.6. The zero-order valence-electron chi connectivity index (χ0n) is 15.0. The first-order chi connectivity index (χ1) is 12.9. The van der Waals surface area contributed by atoms with Gasteiger partial charge in [-0.3, -0.25) is 19.4 Å². The third kappa shape index (κ3) is 4.13. The number of nitrogens with zero attached hydrogens (tertiary/aromatic N) is 2. The van der Waals surface area contributed by atoms with Gasteiger partial charge in [-0.1, -0.05) is 6.07 Å². The second-order valence-corrected chi connectivity index (χ2v) is 6.97. The molecule has 7 heteroatoms. The van der Waals surface area contributed by atoms with E-state index in [1.54, 1.807) is 54.4 Å². The Morgan fingerprint density at radius 3 is 2.67 bits per heavy atom. The SMILES string of the molecule is CC1(C(=O)O)CCCN(C(=O)c2cccc(NC(=O)c3cccnc3)c2)C1. The van der Waals surface area contributed by atoms with E-state index in [1.165, 1.54) is 6.20 Å². The van der Waals surface area contributed by atoms with Crippen molar-refractivity contribution in [3.05, 3.63) is 59.9 Å². The summed E-state index contributed by atoms with van der Waals surface area (Å²) in [6.45, 7) is 2.36. The number of carbonyl (C=O) groups excluding carboxylic acids is 2. The molecule has 0 radical (unpaired) electrons. The lowest BCUT2D eigenvalue weighted by molar-refractivity contribution is -0.150. The fourth-order valence-corrected chi connectivity index (χ4v) is 3.20. The Balaban J connectivity index is 1.74. The first-order valence-corrected chi connectivity index (χ1v) is 8.73. The normalized spacial score (nSPS) is 19.4. The minimum Gasteiger partial charge on any atom is -0.481 e. The number of benzene rings is 1. The monoisotopic (exact) mass is 367 g/mol. The predicted molar refractivity (Wildman–Crippen MR) is 99.5 cm³/mol. The van der Waals surface area contributed by atoms with Crippen molar-refractivity contribution < 1.29 is 19.5 Å². The van der Waals surface area contributed by atoms with E-state index in [9.17, 15) is 19.5 Å². The van der Waals surface area contributed by atoms with Crippen LogP contribution in [0.25, 0.3) is 0 Å². The van der Waals surface area contributed by atoms with E-state index in [-0.39, 0.29) is 18.4 Å². The molecule has 0 spiro atoms. The molecule has 1 aromatic carbocycles. The van der Waals surface area contributed by atoms with Crippen molar-refractivity contribution >= 4 is 23.5 Å². The minimum atomic E-state index is -0.931. The summed E-state index contributed by atoms with van der Waals surface area (Å²) in [6, 6.07) is 9.97. The van der Waals surface area contributed by atoms with Crippen molar-refractivity contribution in [2.45, 2.75) is 19.8 Å². The summed E-state index contributed by atoms with van der Waals surface area (Å²) in [5.74, 6) is -1.44. The number of hydrogen-bond acceptors (Lipinski definition) is 4. The summed E-state index contributed by atoms with van der Waals surface area (Å²) in [5.41, 5.74) is 0.392. The number of hydrogen-bond donors (Lipinski definition) is 2. The van der Waals surface area contributed by atoms with Gasteiger partial charge in [-0.05, 0) is 50.1 Å². The van der Waals surface area contributed by atoms with Gasteiger partial charge in [0.15, 0.2) is 0 Å². The van der Waals surface area contributed by atoms with Gasteiger partial charge in [-0.15, -0.1) is 0 Å². The average molecular weight is 367 g/mol. The van der Waals surface area contributed by atoms with Crippen LogP contribution in [-0.2, 0) is 4.79 Å². The van der Waals surface area contributed by atoms with Crippen molar-refractivity contribution in [1.29, 1.82) is 0 Å². The number of rotatable bonds is 4. The van der Waals surface area contributed by atoms with E-state index >= 15 is 0 Å². The molecule has 140 valence electrons. The molecule has 2 aromatic rings. The summed E-state index contributed by atoms with van der Waals surface area (Å²) >= 11 is 0. The number of pyridine rings is 1. The van der Waals surface area contributed by atoms with Crippen molar-refractivity contribution in [3.8, 4) is 0 Å². The number of piperidine rings is 1. The number of anilines is 1. The molecule has 0 bridgehead atoms. The molecule has 1 aliphatic rings. The van der Waals surface area contributed by atoms with E-state index in [1.807, 2.05) is 0 Å². The molecule has 7 nitrogen and oxygen atoms in total. The average Bonchev–Trinajstić information content (AvgIpc) is 2.68. The zero-order chi connectivity index (χ0) is 19.4. The summed E-state index contributed by atoms with van der Waals surface area (Å²) in [4.78, 5) is 42.1. The molecule has 0 saturated carbocycles. The summed E-state index contributed by atoms with van der Waals surface area (Å²) in [7, 11) is 0. The van der Waals surface area contributed by atoms with Crippen LogP contribution in [0.15, 0.2) is 48.8 Å². The number of carboxylic acids is 1. The van der Waals surface area contributed by atoms with Gasteiger partial charge in [0.2, 0.25) is 0 Å². The first-order valence-electron chi connectivity index (χ1n) is 8.73. The molecular weight excluding hydrogens is 346 g/mol. The van der Waals surface area contributed by atoms with Crippen molar-refractivity contribution in [2.75, 3.05) is 18.4 Å². The molecule has 2 heterocycles. The van der Waals surface area contributed by atoms with Gasteiger partial charge in [-0.2, -0.15) is 0 Å². The van der Waals surface area contributed by atoms with Crippen LogP contribution >= 0.6 is 0 Å². The number of aromatic nitrogens is 1. The Hall–Kier alpha value is -3.22. The van der Waals surface area contributed by atoms with Crippen LogP contribution < -0.4 is 5.32 Å². The molecule has 1 fully saturated rings. The number of carbonyl (C=O) groups is 3. The fourth-order valence-electron chi connectivity index (χ4n) is 3.20. The van der Waals surface area contributed by atoms with Gasteiger partial charge in [-0.25, -0.2) is 0 Å². The van der Waals surface area contributed by atoms with Crippen molar-refractivity contribution in [2.24, 2.45) is 5.41 Å². The molecule has 27 heavy (non-hydrogen) atoms. The smallest absolute Gasteiger partial charge is 0.311 e. The van der Waals surface area contributed by atoms with E-state index in [0.29, 0.717) is 36.2 Å². The molecule has 1 atom stereocenters. The number of carboxylic acid groups (broad SMARTS) is 1. The summed E-state index contributed by atoms with van der Waals surface area (Å²) in [5, 5.41) is 12.2. The van der Waals surface area contributed by atoms with Gasteiger partial charge in [0, 0.05) is 36.7 Å². The van der Waals surface area contributed by atoms with Gasteiger partial charge >= 0.3 is 5.97 Å². The Morgan fingerprint density at radius 2 is 1.96 bits per heavy atom. The molecule has 1 saturated heterocycles. The van der Waals surface area contributed by atoms with Crippen LogP contribution in [0, 0.1) is 5.41 Å². The molecule has 1 aliphatic heterocycles. The molecule has 0 aliphatic carbocycles. The second-order valence-electron chi connectivity index (χ2n) is 6.97. The van der Waals surface area contributed by atoms with E-state index < -0.39 is 11.4 Å². The minimum absolute atomic E-state index is 0.174. The topological polar surface area (TPSA) is 99.6 Å². The van der Waals surface area contributed by atoms with E-state index in [0.717, 1.165) is 0 Å². The zero-order valence-corrected chi connectivity index (χ0v) is 15.0. The largest absolute Gasteiger partial charge is 0.481 e. The van der Waals surface area contributed by atoms with Crippen molar-refractivity contribution in [3.63, 3.8) is 0 Å². The maximum absolute atomic E-state index is 12.8. The maximum atomic E-state index is 12.8. The lowest BCUT2D eigenvalue weighted by atomic mass is 9.82. The fraction of sp³-hybridized carbons (Fsp3) is 0.300. The Kier molecular flexibility index (Phi) is 5.21. The van der Waals surface area contributed by atoms with Crippen molar-refractivity contribution in [1.82, 2.24) is 9.88 Å². The molecular formula is C20H21N3O4. The van der Waals surface area contributed by atoms with Crippen LogP contribution in [0.4, 0.5) is 5.69 Å². The summed E-state index contributed by atoms with van der Waals surface area (Å²) in [6.07, 6.45) is 4.24. The second kappa shape index (κ2) is 7.57. The molecule has 1 unspecified atom stereocenters. The molecule has 3 rings (SSSR count). The van der Waals surface area contributed by atoms with Gasteiger partial charge < -0.3 is 15.3 Å². The molecule has 2 N–H and O–H groups in total. The van der Waals surface area contributed by atoms with Crippen LogP contribution in [0.1, 0.15) is 40.5 Å².